The molecule has 0 bridgehead atoms. The molecule has 1 aromatic carbocycles. The third kappa shape index (κ3) is 3.06. The maximum Gasteiger partial charge on any atom is 0.337 e. The van der Waals surface area contributed by atoms with Gasteiger partial charge in [0, 0.05) is 11.3 Å². The maximum absolute atomic E-state index is 13.5. The van der Waals surface area contributed by atoms with E-state index in [1.165, 1.54) is 19.2 Å². The van der Waals surface area contributed by atoms with Crippen LogP contribution in [0.1, 0.15) is 16.1 Å². The quantitative estimate of drug-likeness (QED) is 0.627. The highest BCUT2D eigenvalue weighted by atomic mass is 35.5. The van der Waals surface area contributed by atoms with Gasteiger partial charge in [-0.25, -0.2) is 19.2 Å². The lowest BCUT2D eigenvalue weighted by molar-refractivity contribution is 0.0600. The van der Waals surface area contributed by atoms with Crippen LogP contribution < -0.4 is 0 Å². The smallest absolute Gasteiger partial charge is 0.337 e. The van der Waals surface area contributed by atoms with Crippen molar-refractivity contribution in [3.8, 4) is 11.3 Å². The number of carbonyl (C=O) groups excluding carboxylic acids is 1. The number of esters is 1. The van der Waals surface area contributed by atoms with Crippen molar-refractivity contribution in [2.45, 2.75) is 6.92 Å². The standard InChI is InChI=1S/C13H10ClFN2O2/c1-7-3-11(17-13(14)16-7)8-4-9(12(18)19-2)6-10(15)5-8/h3-6H,1-2H3. The number of ether oxygens (including phenoxy) is 1. The monoisotopic (exact) mass is 280 g/mol. The largest absolute Gasteiger partial charge is 0.465 e. The third-order valence-corrected chi connectivity index (χ3v) is 2.61. The Bertz CT molecular complexity index is 626. The Hall–Kier alpha value is -2.01. The number of hydrogen-bond donors (Lipinski definition) is 0. The molecule has 0 saturated carbocycles. The number of aromatic nitrogens is 2. The van der Waals surface area contributed by atoms with Gasteiger partial charge in [-0.05, 0) is 42.8 Å². The van der Waals surface area contributed by atoms with Crippen LogP contribution in [-0.4, -0.2) is 23.0 Å². The zero-order valence-corrected chi connectivity index (χ0v) is 11.0. The Kier molecular flexibility index (Phi) is 3.76. The molecule has 2 aromatic rings. The van der Waals surface area contributed by atoms with Gasteiger partial charge in [-0.15, -0.1) is 0 Å². The Labute approximate surface area is 114 Å². The molecule has 0 aliphatic carbocycles. The summed E-state index contributed by atoms with van der Waals surface area (Å²) in [5, 5.41) is 0.0684. The van der Waals surface area contributed by atoms with Crippen molar-refractivity contribution in [1.29, 1.82) is 0 Å². The van der Waals surface area contributed by atoms with E-state index in [4.69, 9.17) is 11.6 Å². The Balaban J connectivity index is 2.55. The van der Waals surface area contributed by atoms with Gasteiger partial charge in [-0.1, -0.05) is 0 Å². The molecule has 0 aliphatic heterocycles. The first-order valence-electron chi connectivity index (χ1n) is 5.40. The van der Waals surface area contributed by atoms with E-state index in [1.807, 2.05) is 0 Å². The van der Waals surface area contributed by atoms with Crippen molar-refractivity contribution in [2.75, 3.05) is 7.11 Å². The van der Waals surface area contributed by atoms with Crippen molar-refractivity contribution < 1.29 is 13.9 Å². The van der Waals surface area contributed by atoms with Gasteiger partial charge in [-0.2, -0.15) is 0 Å². The summed E-state index contributed by atoms with van der Waals surface area (Å²) in [6.07, 6.45) is 0. The molecule has 1 aromatic heterocycles. The van der Waals surface area contributed by atoms with E-state index < -0.39 is 11.8 Å². The molecule has 19 heavy (non-hydrogen) atoms. The van der Waals surface area contributed by atoms with E-state index in [0.717, 1.165) is 6.07 Å². The lowest BCUT2D eigenvalue weighted by Gasteiger charge is -2.06. The fourth-order valence-corrected chi connectivity index (χ4v) is 1.88. The second-order valence-electron chi connectivity index (χ2n) is 3.88. The highest BCUT2D eigenvalue weighted by Crippen LogP contribution is 2.22. The van der Waals surface area contributed by atoms with Crippen molar-refractivity contribution >= 4 is 17.6 Å². The number of aryl methyl sites for hydroxylation is 1. The first-order chi connectivity index (χ1) is 8.99. The van der Waals surface area contributed by atoms with Gasteiger partial charge in [0.15, 0.2) is 0 Å². The van der Waals surface area contributed by atoms with Crippen LogP contribution >= 0.6 is 11.6 Å². The molecule has 0 N–H and O–H groups in total. The van der Waals surface area contributed by atoms with Crippen LogP contribution in [0.15, 0.2) is 24.3 Å². The van der Waals surface area contributed by atoms with Gasteiger partial charge in [0.05, 0.1) is 18.4 Å². The van der Waals surface area contributed by atoms with Crippen LogP contribution in [0.5, 0.6) is 0 Å². The zero-order chi connectivity index (χ0) is 14.0. The number of halogens is 2. The number of nitrogens with zero attached hydrogens (tertiary/aromatic N) is 2. The molecule has 1 heterocycles. The van der Waals surface area contributed by atoms with Crippen LogP contribution in [0.3, 0.4) is 0 Å². The van der Waals surface area contributed by atoms with Crippen LogP contribution in [0.25, 0.3) is 11.3 Å². The van der Waals surface area contributed by atoms with E-state index >= 15 is 0 Å². The molecule has 98 valence electrons. The number of rotatable bonds is 2. The van der Waals surface area contributed by atoms with Gasteiger partial charge in [0.1, 0.15) is 5.82 Å². The average Bonchev–Trinajstić information content (AvgIpc) is 2.36. The lowest BCUT2D eigenvalue weighted by Crippen LogP contribution is -2.02. The van der Waals surface area contributed by atoms with Gasteiger partial charge in [0.25, 0.3) is 0 Å². The molecule has 2 rings (SSSR count). The molecule has 6 heteroatoms. The number of hydrogen-bond acceptors (Lipinski definition) is 4. The van der Waals surface area contributed by atoms with Crippen molar-refractivity contribution in [3.05, 3.63) is 46.6 Å². The SMILES string of the molecule is COC(=O)c1cc(F)cc(-c2cc(C)nc(Cl)n2)c1. The molecule has 0 aliphatic rings. The molecule has 0 radical (unpaired) electrons. The van der Waals surface area contributed by atoms with Gasteiger partial charge in [0.2, 0.25) is 5.28 Å². The normalized spacial score (nSPS) is 10.3. The fourth-order valence-electron chi connectivity index (χ4n) is 1.65. The minimum absolute atomic E-state index is 0.0684. The summed E-state index contributed by atoms with van der Waals surface area (Å²) in [5.74, 6) is -1.16. The topological polar surface area (TPSA) is 52.1 Å². The first kappa shape index (κ1) is 13.4. The average molecular weight is 281 g/mol. The second-order valence-corrected chi connectivity index (χ2v) is 4.22. The first-order valence-corrected chi connectivity index (χ1v) is 5.78. The Morgan fingerprint density at radius 1 is 1.26 bits per heavy atom. The summed E-state index contributed by atoms with van der Waals surface area (Å²) in [6, 6.07) is 5.52. The zero-order valence-electron chi connectivity index (χ0n) is 10.3. The predicted molar refractivity (Wildman–Crippen MR) is 68.5 cm³/mol. The molecular formula is C13H10ClFN2O2. The van der Waals surface area contributed by atoms with E-state index in [0.29, 0.717) is 17.0 Å². The molecule has 0 atom stereocenters. The highest BCUT2D eigenvalue weighted by molar-refractivity contribution is 6.28. The van der Waals surface area contributed by atoms with Crippen LogP contribution in [-0.2, 0) is 4.74 Å². The molecule has 0 saturated heterocycles. The Morgan fingerprint density at radius 3 is 2.63 bits per heavy atom. The molecule has 0 fully saturated rings. The summed E-state index contributed by atoms with van der Waals surface area (Å²) in [5.41, 5.74) is 1.65. The van der Waals surface area contributed by atoms with E-state index in [2.05, 4.69) is 14.7 Å². The summed E-state index contributed by atoms with van der Waals surface area (Å²) in [6.45, 7) is 1.75. The van der Waals surface area contributed by atoms with Gasteiger partial charge in [-0.3, -0.25) is 0 Å². The lowest BCUT2D eigenvalue weighted by atomic mass is 10.1. The van der Waals surface area contributed by atoms with Crippen LogP contribution in [0.2, 0.25) is 5.28 Å². The van der Waals surface area contributed by atoms with E-state index in [1.54, 1.807) is 13.0 Å². The highest BCUT2D eigenvalue weighted by Gasteiger charge is 2.11. The fraction of sp³-hybridized carbons (Fsp3) is 0.154. The molecule has 0 unspecified atom stereocenters. The Morgan fingerprint density at radius 2 is 2.00 bits per heavy atom. The summed E-state index contributed by atoms with van der Waals surface area (Å²) >= 11 is 5.76. The molecular weight excluding hydrogens is 271 g/mol. The van der Waals surface area contributed by atoms with Crippen molar-refractivity contribution in [2.24, 2.45) is 0 Å². The van der Waals surface area contributed by atoms with E-state index in [-0.39, 0.29) is 10.8 Å². The van der Waals surface area contributed by atoms with Crippen LogP contribution in [0.4, 0.5) is 4.39 Å². The van der Waals surface area contributed by atoms with Gasteiger partial charge < -0.3 is 4.74 Å². The minimum Gasteiger partial charge on any atom is -0.465 e. The number of methoxy groups -OCH3 is 1. The van der Waals surface area contributed by atoms with Crippen molar-refractivity contribution in [1.82, 2.24) is 9.97 Å². The molecule has 4 nitrogen and oxygen atoms in total. The molecule has 0 spiro atoms. The maximum atomic E-state index is 13.5. The van der Waals surface area contributed by atoms with E-state index in [9.17, 15) is 9.18 Å². The summed E-state index contributed by atoms with van der Waals surface area (Å²) < 4.78 is 18.1. The minimum atomic E-state index is -0.613. The second kappa shape index (κ2) is 5.32. The van der Waals surface area contributed by atoms with Crippen molar-refractivity contribution in [3.63, 3.8) is 0 Å². The summed E-state index contributed by atoms with van der Waals surface area (Å²) in [4.78, 5) is 19.4. The summed E-state index contributed by atoms with van der Waals surface area (Å²) in [7, 11) is 1.23. The van der Waals surface area contributed by atoms with Gasteiger partial charge >= 0.3 is 5.97 Å². The number of benzene rings is 1. The predicted octanol–water partition coefficient (Wildman–Crippen LogP) is 3.03. The molecule has 0 amide bonds. The van der Waals surface area contributed by atoms with Crippen LogP contribution in [0, 0.1) is 12.7 Å². The number of carbonyl (C=O) groups is 1. The third-order valence-electron chi connectivity index (χ3n) is 2.44.